The number of aliphatic carboxylic acids is 1. The summed E-state index contributed by atoms with van der Waals surface area (Å²) in [5, 5.41) is 16.0. The molecule has 3 N–H and O–H groups in total. The standard InChI is InChI=1S/C18H21N5O3S2/c24-15(23-5-3-1-2-4-6-23)9-19-17-21-11-7-12-14(8-13(11)27-17)28-18(22-12)20-10-16(25)26/h7-8H,1-6,9-10H2,(H,19,21)(H,20,22)(H,25,26). The Balaban J connectivity index is 1.44. The molecule has 1 aliphatic heterocycles. The number of carbonyl (C=O) groups excluding carboxylic acids is 1. The fourth-order valence-corrected chi connectivity index (χ4v) is 5.07. The Morgan fingerprint density at radius 1 is 0.929 bits per heavy atom. The number of carboxylic acid groups (broad SMARTS) is 1. The number of carbonyl (C=O) groups is 2. The summed E-state index contributed by atoms with van der Waals surface area (Å²) in [4.78, 5) is 34.0. The van der Waals surface area contributed by atoms with Crippen molar-refractivity contribution in [3.63, 3.8) is 0 Å². The van der Waals surface area contributed by atoms with E-state index < -0.39 is 5.97 Å². The molecule has 1 aromatic carbocycles. The van der Waals surface area contributed by atoms with E-state index in [0.29, 0.717) is 5.13 Å². The van der Waals surface area contributed by atoms with E-state index in [0.717, 1.165) is 51.5 Å². The zero-order valence-electron chi connectivity index (χ0n) is 15.2. The van der Waals surface area contributed by atoms with Crippen LogP contribution in [0.1, 0.15) is 25.7 Å². The molecule has 1 fully saturated rings. The minimum absolute atomic E-state index is 0.123. The first-order valence-electron chi connectivity index (χ1n) is 9.27. The van der Waals surface area contributed by atoms with E-state index >= 15 is 0 Å². The number of rotatable bonds is 6. The number of benzene rings is 1. The number of hydrogen-bond donors (Lipinski definition) is 3. The summed E-state index contributed by atoms with van der Waals surface area (Å²) in [7, 11) is 0. The van der Waals surface area contributed by atoms with E-state index in [1.54, 1.807) is 0 Å². The van der Waals surface area contributed by atoms with Gasteiger partial charge >= 0.3 is 5.97 Å². The third-order valence-corrected chi connectivity index (χ3v) is 6.59. The van der Waals surface area contributed by atoms with Crippen molar-refractivity contribution in [2.24, 2.45) is 0 Å². The topological polar surface area (TPSA) is 107 Å². The molecule has 0 spiro atoms. The number of amides is 1. The predicted molar refractivity (Wildman–Crippen MR) is 112 cm³/mol. The van der Waals surface area contributed by atoms with Crippen LogP contribution in [0.25, 0.3) is 20.4 Å². The van der Waals surface area contributed by atoms with Gasteiger partial charge in [-0.3, -0.25) is 9.59 Å². The van der Waals surface area contributed by atoms with Gasteiger partial charge in [-0.15, -0.1) is 0 Å². The lowest BCUT2D eigenvalue weighted by molar-refractivity contribution is -0.135. The van der Waals surface area contributed by atoms with Crippen molar-refractivity contribution >= 4 is 65.2 Å². The Kier molecular flexibility index (Phi) is 5.58. The van der Waals surface area contributed by atoms with Crippen molar-refractivity contribution in [3.8, 4) is 0 Å². The van der Waals surface area contributed by atoms with Gasteiger partial charge in [-0.25, -0.2) is 9.97 Å². The van der Waals surface area contributed by atoms with Crippen LogP contribution in [0.5, 0.6) is 0 Å². The van der Waals surface area contributed by atoms with Crippen molar-refractivity contribution in [2.75, 3.05) is 36.8 Å². The van der Waals surface area contributed by atoms with Gasteiger partial charge in [0, 0.05) is 13.1 Å². The SMILES string of the molecule is O=C(O)CNc1nc2cc3nc(NCC(=O)N4CCCCCC4)sc3cc2s1. The number of nitrogens with zero attached hydrogens (tertiary/aromatic N) is 3. The predicted octanol–water partition coefficient (Wildman–Crippen LogP) is 3.22. The van der Waals surface area contributed by atoms with Crippen LogP contribution in [-0.4, -0.2) is 58.0 Å². The monoisotopic (exact) mass is 419 g/mol. The van der Waals surface area contributed by atoms with Gasteiger partial charge in [-0.1, -0.05) is 35.5 Å². The number of aromatic nitrogens is 2. The normalized spacial score (nSPS) is 14.9. The quantitative estimate of drug-likeness (QED) is 0.563. The van der Waals surface area contributed by atoms with Gasteiger partial charge in [-0.05, 0) is 25.0 Å². The zero-order valence-corrected chi connectivity index (χ0v) is 16.9. The first-order chi connectivity index (χ1) is 13.6. The smallest absolute Gasteiger partial charge is 0.322 e. The molecule has 0 unspecified atom stereocenters. The molecule has 1 aliphatic rings. The number of carboxylic acids is 1. The van der Waals surface area contributed by atoms with Crippen LogP contribution in [0.15, 0.2) is 12.1 Å². The summed E-state index contributed by atoms with van der Waals surface area (Å²) in [6.45, 7) is 1.79. The van der Waals surface area contributed by atoms with Crippen molar-refractivity contribution < 1.29 is 14.7 Å². The van der Waals surface area contributed by atoms with Gasteiger partial charge in [-0.2, -0.15) is 0 Å². The first-order valence-corrected chi connectivity index (χ1v) is 10.9. The lowest BCUT2D eigenvalue weighted by Crippen LogP contribution is -2.36. The lowest BCUT2D eigenvalue weighted by Gasteiger charge is -2.20. The zero-order chi connectivity index (χ0) is 19.5. The number of nitrogens with one attached hydrogen (secondary N) is 2. The van der Waals surface area contributed by atoms with E-state index in [-0.39, 0.29) is 19.0 Å². The lowest BCUT2D eigenvalue weighted by atomic mass is 10.2. The Morgan fingerprint density at radius 2 is 1.50 bits per heavy atom. The highest BCUT2D eigenvalue weighted by Gasteiger charge is 2.16. The number of thiazole rings is 2. The Bertz CT molecular complexity index is 956. The molecule has 3 aromatic rings. The van der Waals surface area contributed by atoms with Crippen molar-refractivity contribution in [2.45, 2.75) is 25.7 Å². The number of fused-ring (bicyclic) bond motifs is 2. The molecule has 10 heteroatoms. The average Bonchev–Trinajstić information content (AvgIpc) is 3.13. The first kappa shape index (κ1) is 18.9. The molecule has 0 atom stereocenters. The molecule has 0 aliphatic carbocycles. The van der Waals surface area contributed by atoms with Gasteiger partial charge in [0.15, 0.2) is 10.3 Å². The molecule has 0 bridgehead atoms. The van der Waals surface area contributed by atoms with Crippen molar-refractivity contribution in [1.82, 2.24) is 14.9 Å². The molecule has 4 rings (SSSR count). The maximum Gasteiger partial charge on any atom is 0.322 e. The maximum atomic E-state index is 12.4. The second kappa shape index (κ2) is 8.27. The molecule has 1 saturated heterocycles. The van der Waals surface area contributed by atoms with E-state index in [4.69, 9.17) is 5.11 Å². The minimum atomic E-state index is -0.924. The molecule has 8 nitrogen and oxygen atoms in total. The van der Waals surface area contributed by atoms with E-state index in [9.17, 15) is 9.59 Å². The largest absolute Gasteiger partial charge is 0.480 e. The molecular formula is C18H21N5O3S2. The summed E-state index contributed by atoms with van der Waals surface area (Å²) in [5.41, 5.74) is 1.60. The Morgan fingerprint density at radius 3 is 2.07 bits per heavy atom. The van der Waals surface area contributed by atoms with Crippen LogP contribution in [-0.2, 0) is 9.59 Å². The van der Waals surface area contributed by atoms with E-state index in [2.05, 4.69) is 20.6 Å². The maximum absolute atomic E-state index is 12.4. The highest BCUT2D eigenvalue weighted by atomic mass is 32.1. The molecule has 0 saturated carbocycles. The van der Waals surface area contributed by atoms with Gasteiger partial charge in [0.1, 0.15) is 6.54 Å². The molecule has 2 aromatic heterocycles. The second-order valence-corrected chi connectivity index (χ2v) is 8.78. The number of likely N-dealkylation sites (tertiary alicyclic amines) is 1. The summed E-state index contributed by atoms with van der Waals surface area (Å²) >= 11 is 2.92. The highest BCUT2D eigenvalue weighted by molar-refractivity contribution is 7.24. The molecule has 28 heavy (non-hydrogen) atoms. The van der Waals surface area contributed by atoms with Crippen LogP contribution >= 0.6 is 22.7 Å². The van der Waals surface area contributed by atoms with Gasteiger partial charge in [0.05, 0.1) is 27.0 Å². The number of hydrogen-bond acceptors (Lipinski definition) is 8. The number of anilines is 2. The Labute approximate surface area is 169 Å². The highest BCUT2D eigenvalue weighted by Crippen LogP contribution is 2.33. The third kappa shape index (κ3) is 4.33. The summed E-state index contributed by atoms with van der Waals surface area (Å²) in [6.07, 6.45) is 4.57. The Hall–Kier alpha value is -2.46. The van der Waals surface area contributed by atoms with E-state index in [1.807, 2.05) is 17.0 Å². The summed E-state index contributed by atoms with van der Waals surface area (Å²) in [6, 6.07) is 3.90. The minimum Gasteiger partial charge on any atom is -0.480 e. The van der Waals surface area contributed by atoms with Gasteiger partial charge in [0.25, 0.3) is 0 Å². The van der Waals surface area contributed by atoms with Crippen LogP contribution in [0.2, 0.25) is 0 Å². The summed E-state index contributed by atoms with van der Waals surface area (Å²) in [5.74, 6) is -0.801. The van der Waals surface area contributed by atoms with Gasteiger partial charge < -0.3 is 20.6 Å². The van der Waals surface area contributed by atoms with Crippen molar-refractivity contribution in [1.29, 1.82) is 0 Å². The molecule has 3 heterocycles. The average molecular weight is 420 g/mol. The second-order valence-electron chi connectivity index (χ2n) is 6.72. The van der Waals surface area contributed by atoms with Crippen LogP contribution in [0, 0.1) is 0 Å². The van der Waals surface area contributed by atoms with Crippen molar-refractivity contribution in [3.05, 3.63) is 12.1 Å². The fraction of sp³-hybridized carbons (Fsp3) is 0.444. The fourth-order valence-electron chi connectivity index (χ4n) is 3.24. The van der Waals surface area contributed by atoms with E-state index in [1.165, 1.54) is 35.5 Å². The molecule has 1 amide bonds. The third-order valence-electron chi connectivity index (χ3n) is 4.64. The molecule has 0 radical (unpaired) electrons. The van der Waals surface area contributed by atoms with Crippen LogP contribution in [0.4, 0.5) is 10.3 Å². The van der Waals surface area contributed by atoms with Gasteiger partial charge in [0.2, 0.25) is 5.91 Å². The van der Waals surface area contributed by atoms with Crippen LogP contribution in [0.3, 0.4) is 0 Å². The molecule has 148 valence electrons. The van der Waals surface area contributed by atoms with Crippen LogP contribution < -0.4 is 10.6 Å². The summed E-state index contributed by atoms with van der Waals surface area (Å²) < 4.78 is 1.97. The molecular weight excluding hydrogens is 398 g/mol.